The van der Waals surface area contributed by atoms with Crippen LogP contribution in [-0.2, 0) is 19.8 Å². The van der Waals surface area contributed by atoms with E-state index in [0.717, 1.165) is 19.0 Å². The fourth-order valence-electron chi connectivity index (χ4n) is 1.99. The van der Waals surface area contributed by atoms with Gasteiger partial charge in [-0.3, -0.25) is 0 Å². The average molecular weight is 349 g/mol. The minimum Gasteiger partial charge on any atom is -0.377 e. The van der Waals surface area contributed by atoms with Crippen LogP contribution in [0.4, 0.5) is 0 Å². The van der Waals surface area contributed by atoms with E-state index < -0.39 is 8.80 Å². The van der Waals surface area contributed by atoms with Crippen molar-refractivity contribution < 1.29 is 13.3 Å². The standard InChI is InChI=1S/C15H28N2O3Si.ClH/c1-14(17-12-15-8-5-4-6-9-15)13-20-21(18-2,19-3)11-7-10-16;/h4-6,8-9,14,17H,7,10-13,16H2,1-3H3;1H. The average Bonchev–Trinajstić information content (AvgIpc) is 2.55. The van der Waals surface area contributed by atoms with E-state index in [9.17, 15) is 0 Å². The first-order valence-electron chi connectivity index (χ1n) is 7.37. The van der Waals surface area contributed by atoms with Crippen LogP contribution in [0.2, 0.25) is 6.04 Å². The number of hydrogen-bond donors (Lipinski definition) is 2. The number of rotatable bonds is 11. The Bertz CT molecular complexity index is 380. The molecule has 7 heteroatoms. The van der Waals surface area contributed by atoms with Gasteiger partial charge in [0.2, 0.25) is 0 Å². The summed E-state index contributed by atoms with van der Waals surface area (Å²) in [7, 11) is 0.739. The van der Waals surface area contributed by atoms with Gasteiger partial charge in [0.15, 0.2) is 0 Å². The van der Waals surface area contributed by atoms with Gasteiger partial charge in [0.25, 0.3) is 0 Å². The number of nitrogens with one attached hydrogen (secondary N) is 1. The molecule has 1 rings (SSSR count). The summed E-state index contributed by atoms with van der Waals surface area (Å²) in [6, 6.07) is 11.3. The molecule has 0 aliphatic carbocycles. The van der Waals surface area contributed by atoms with E-state index in [0.29, 0.717) is 13.2 Å². The molecule has 0 aliphatic heterocycles. The molecule has 3 N–H and O–H groups in total. The van der Waals surface area contributed by atoms with E-state index in [1.165, 1.54) is 5.56 Å². The molecule has 0 fully saturated rings. The first-order chi connectivity index (χ1) is 10.2. The van der Waals surface area contributed by atoms with Crippen molar-refractivity contribution in [1.29, 1.82) is 0 Å². The fraction of sp³-hybridized carbons (Fsp3) is 0.600. The molecule has 5 nitrogen and oxygen atoms in total. The van der Waals surface area contributed by atoms with Crippen molar-refractivity contribution in [1.82, 2.24) is 5.32 Å². The lowest BCUT2D eigenvalue weighted by molar-refractivity contribution is 0.0892. The lowest BCUT2D eigenvalue weighted by Gasteiger charge is -2.28. The molecule has 1 aromatic carbocycles. The lowest BCUT2D eigenvalue weighted by atomic mass is 10.2. The van der Waals surface area contributed by atoms with Gasteiger partial charge < -0.3 is 24.3 Å². The maximum Gasteiger partial charge on any atom is 0.500 e. The highest BCUT2D eigenvalue weighted by Crippen LogP contribution is 2.16. The Morgan fingerprint density at radius 1 is 1.18 bits per heavy atom. The normalized spacial score (nSPS) is 12.7. The predicted molar refractivity (Wildman–Crippen MR) is 94.2 cm³/mol. The maximum atomic E-state index is 5.96. The smallest absolute Gasteiger partial charge is 0.377 e. The zero-order valence-corrected chi connectivity index (χ0v) is 15.5. The van der Waals surface area contributed by atoms with Gasteiger partial charge in [0, 0.05) is 32.9 Å². The largest absolute Gasteiger partial charge is 0.500 e. The minimum atomic E-state index is -2.56. The molecule has 0 aliphatic rings. The first kappa shape index (κ1) is 21.5. The molecular weight excluding hydrogens is 320 g/mol. The summed E-state index contributed by atoms with van der Waals surface area (Å²) in [4.78, 5) is 0. The van der Waals surface area contributed by atoms with Crippen molar-refractivity contribution in [2.75, 3.05) is 27.4 Å². The van der Waals surface area contributed by atoms with Crippen LogP contribution in [0, 0.1) is 0 Å². The second-order valence-electron chi connectivity index (χ2n) is 5.06. The third kappa shape index (κ3) is 7.69. The molecule has 0 spiro atoms. The number of benzene rings is 1. The zero-order chi connectivity index (χ0) is 15.6. The van der Waals surface area contributed by atoms with Crippen molar-refractivity contribution in [3.63, 3.8) is 0 Å². The van der Waals surface area contributed by atoms with Crippen LogP contribution in [0.3, 0.4) is 0 Å². The Morgan fingerprint density at radius 3 is 2.36 bits per heavy atom. The van der Waals surface area contributed by atoms with E-state index >= 15 is 0 Å². The summed E-state index contributed by atoms with van der Waals surface area (Å²) >= 11 is 0. The van der Waals surface area contributed by atoms with Gasteiger partial charge in [-0.15, -0.1) is 12.4 Å². The highest BCUT2D eigenvalue weighted by molar-refractivity contribution is 6.60. The molecule has 0 amide bonds. The number of nitrogens with two attached hydrogens (primary N) is 1. The van der Waals surface area contributed by atoms with Crippen molar-refractivity contribution in [3.05, 3.63) is 35.9 Å². The predicted octanol–water partition coefficient (Wildman–Crippen LogP) is 2.18. The van der Waals surface area contributed by atoms with E-state index in [4.69, 9.17) is 19.0 Å². The summed E-state index contributed by atoms with van der Waals surface area (Å²) in [5.74, 6) is 0. The van der Waals surface area contributed by atoms with E-state index in [2.05, 4.69) is 24.4 Å². The highest BCUT2D eigenvalue weighted by atomic mass is 35.5. The molecule has 1 atom stereocenters. The van der Waals surface area contributed by atoms with E-state index in [1.54, 1.807) is 14.2 Å². The topological polar surface area (TPSA) is 65.7 Å². The monoisotopic (exact) mass is 348 g/mol. The molecule has 0 bridgehead atoms. The summed E-state index contributed by atoms with van der Waals surface area (Å²) < 4.78 is 17.0. The molecule has 128 valence electrons. The van der Waals surface area contributed by atoms with Crippen LogP contribution in [0.25, 0.3) is 0 Å². The molecule has 1 unspecified atom stereocenters. The zero-order valence-electron chi connectivity index (χ0n) is 13.7. The van der Waals surface area contributed by atoms with Crippen molar-refractivity contribution in [2.45, 2.75) is 32.0 Å². The fourth-order valence-corrected chi connectivity index (χ4v) is 4.09. The second kappa shape index (κ2) is 12.0. The third-order valence-electron chi connectivity index (χ3n) is 3.36. The summed E-state index contributed by atoms with van der Waals surface area (Å²) in [5.41, 5.74) is 6.82. The Hall–Kier alpha value is -0.473. The van der Waals surface area contributed by atoms with Gasteiger partial charge in [-0.25, -0.2) is 0 Å². The number of hydrogen-bond acceptors (Lipinski definition) is 5. The van der Waals surface area contributed by atoms with E-state index in [-0.39, 0.29) is 18.4 Å². The highest BCUT2D eigenvalue weighted by Gasteiger charge is 2.38. The van der Waals surface area contributed by atoms with Gasteiger partial charge in [-0.1, -0.05) is 30.3 Å². The van der Waals surface area contributed by atoms with Crippen LogP contribution in [0.15, 0.2) is 30.3 Å². The molecule has 0 aromatic heterocycles. The third-order valence-corrected chi connectivity index (χ3v) is 6.18. The van der Waals surface area contributed by atoms with Crippen molar-refractivity contribution in [2.24, 2.45) is 5.73 Å². The van der Waals surface area contributed by atoms with Gasteiger partial charge in [0.05, 0.1) is 6.61 Å². The minimum absolute atomic E-state index is 0. The van der Waals surface area contributed by atoms with Gasteiger partial charge in [0.1, 0.15) is 0 Å². The van der Waals surface area contributed by atoms with Crippen LogP contribution in [0.5, 0.6) is 0 Å². The van der Waals surface area contributed by atoms with Crippen LogP contribution < -0.4 is 11.1 Å². The molecule has 0 saturated heterocycles. The van der Waals surface area contributed by atoms with Gasteiger partial charge >= 0.3 is 8.80 Å². The Kier molecular flexibility index (Phi) is 11.8. The van der Waals surface area contributed by atoms with Crippen LogP contribution >= 0.6 is 12.4 Å². The quantitative estimate of drug-likeness (QED) is 0.600. The lowest BCUT2D eigenvalue weighted by Crippen LogP contribution is -2.47. The summed E-state index contributed by atoms with van der Waals surface area (Å²) in [6.45, 7) is 4.09. The molecular formula is C15H29ClN2O3Si. The van der Waals surface area contributed by atoms with Crippen LogP contribution in [0.1, 0.15) is 18.9 Å². The first-order valence-corrected chi connectivity index (χ1v) is 9.30. The molecule has 0 radical (unpaired) electrons. The van der Waals surface area contributed by atoms with E-state index in [1.807, 2.05) is 18.2 Å². The number of halogens is 1. The molecule has 0 saturated carbocycles. The van der Waals surface area contributed by atoms with Gasteiger partial charge in [-0.2, -0.15) is 0 Å². The van der Waals surface area contributed by atoms with Crippen molar-refractivity contribution in [3.8, 4) is 0 Å². The Morgan fingerprint density at radius 2 is 1.82 bits per heavy atom. The van der Waals surface area contributed by atoms with Crippen LogP contribution in [-0.4, -0.2) is 42.2 Å². The second-order valence-corrected chi connectivity index (χ2v) is 8.03. The molecule has 22 heavy (non-hydrogen) atoms. The SMILES string of the molecule is CO[Si](CCCN)(OC)OCC(C)NCc1ccccc1.Cl. The summed E-state index contributed by atoms with van der Waals surface area (Å²) in [6.07, 6.45) is 0.847. The van der Waals surface area contributed by atoms with Crippen molar-refractivity contribution >= 4 is 21.2 Å². The maximum absolute atomic E-state index is 5.96. The summed E-state index contributed by atoms with van der Waals surface area (Å²) in [5, 5.41) is 3.44. The molecule has 1 aromatic rings. The molecule has 0 heterocycles. The Labute approximate surface area is 141 Å². The van der Waals surface area contributed by atoms with Gasteiger partial charge in [-0.05, 0) is 25.5 Å². The Balaban J connectivity index is 0.00000441.